The quantitative estimate of drug-likeness (QED) is 0.438. The monoisotopic (exact) mass is 445 g/mol. The Balaban J connectivity index is 1.46. The normalized spacial score (nSPS) is 17.1. The molecule has 3 aromatic rings. The van der Waals surface area contributed by atoms with Crippen LogP contribution in [0.1, 0.15) is 54.5 Å². The molecular formula is C28H31NO4. The lowest BCUT2D eigenvalue weighted by atomic mass is 9.80. The number of fused-ring (bicyclic) bond motifs is 1. The van der Waals surface area contributed by atoms with Crippen LogP contribution >= 0.6 is 0 Å². The van der Waals surface area contributed by atoms with Crippen LogP contribution < -0.4 is 4.74 Å². The minimum atomic E-state index is -0.952. The van der Waals surface area contributed by atoms with Gasteiger partial charge in [0, 0.05) is 12.4 Å². The Morgan fingerprint density at radius 1 is 1.06 bits per heavy atom. The summed E-state index contributed by atoms with van der Waals surface area (Å²) in [5, 5.41) is 8.94. The highest BCUT2D eigenvalue weighted by Gasteiger charge is 2.26. The molecule has 2 aromatic carbocycles. The van der Waals surface area contributed by atoms with Gasteiger partial charge in [-0.05, 0) is 78.5 Å². The lowest BCUT2D eigenvalue weighted by molar-refractivity contribution is -0.139. The second-order valence-electron chi connectivity index (χ2n) is 8.66. The third-order valence-electron chi connectivity index (χ3n) is 6.38. The fraction of sp³-hybridized carbons (Fsp3) is 0.357. The molecule has 3 atom stereocenters. The van der Waals surface area contributed by atoms with E-state index in [9.17, 15) is 4.79 Å². The van der Waals surface area contributed by atoms with Crippen molar-refractivity contribution in [2.45, 2.75) is 51.2 Å². The molecule has 0 bridgehead atoms. The van der Waals surface area contributed by atoms with Crippen molar-refractivity contribution in [2.24, 2.45) is 5.92 Å². The first-order valence-electron chi connectivity index (χ1n) is 11.7. The van der Waals surface area contributed by atoms with Crippen molar-refractivity contribution in [3.63, 3.8) is 0 Å². The summed E-state index contributed by atoms with van der Waals surface area (Å²) >= 11 is 0. The summed E-state index contributed by atoms with van der Waals surface area (Å²) in [5.74, 6) is 0.274. The van der Waals surface area contributed by atoms with E-state index in [1.165, 1.54) is 5.56 Å². The average molecular weight is 446 g/mol. The number of pyridine rings is 1. The van der Waals surface area contributed by atoms with Crippen LogP contribution in [-0.4, -0.2) is 28.8 Å². The number of carboxylic acid groups (broad SMARTS) is 1. The molecule has 0 saturated carbocycles. The predicted octanol–water partition coefficient (Wildman–Crippen LogP) is 5.62. The predicted molar refractivity (Wildman–Crippen MR) is 127 cm³/mol. The summed E-state index contributed by atoms with van der Waals surface area (Å²) in [4.78, 5) is 15.1. The smallest absolute Gasteiger partial charge is 0.341 e. The Bertz CT molecular complexity index is 999. The standard InChI is InChI=1S/C28H31NO4/c1-2-24(33-28(21-7-4-3-5-8-21)22-13-15-29-16-14-22)18-20-11-12-25-23(17-20)9-6-10-26(25)32-19-27(30)31/h3-10,13-16,20,24,28H,2,11-12,17-19H2,1H3,(H,30,31). The molecule has 33 heavy (non-hydrogen) atoms. The molecule has 0 spiro atoms. The molecule has 172 valence electrons. The molecule has 5 heteroatoms. The summed E-state index contributed by atoms with van der Waals surface area (Å²) in [7, 11) is 0. The number of hydrogen-bond donors (Lipinski definition) is 1. The van der Waals surface area contributed by atoms with Crippen LogP contribution in [0, 0.1) is 5.92 Å². The highest BCUT2D eigenvalue weighted by atomic mass is 16.5. The fourth-order valence-electron chi connectivity index (χ4n) is 4.72. The first-order chi connectivity index (χ1) is 16.1. The molecule has 1 aliphatic carbocycles. The number of ether oxygens (including phenoxy) is 2. The number of hydrogen-bond acceptors (Lipinski definition) is 4. The van der Waals surface area contributed by atoms with Gasteiger partial charge in [-0.15, -0.1) is 0 Å². The summed E-state index contributed by atoms with van der Waals surface area (Å²) in [6, 6.07) is 20.4. The van der Waals surface area contributed by atoms with Crippen LogP contribution in [0.4, 0.5) is 0 Å². The van der Waals surface area contributed by atoms with E-state index < -0.39 is 5.97 Å². The van der Waals surface area contributed by atoms with Crippen LogP contribution in [0.3, 0.4) is 0 Å². The van der Waals surface area contributed by atoms with Gasteiger partial charge in [0.05, 0.1) is 6.10 Å². The second kappa shape index (κ2) is 11.1. The lowest BCUT2D eigenvalue weighted by Gasteiger charge is -2.31. The zero-order valence-electron chi connectivity index (χ0n) is 19.0. The molecule has 5 nitrogen and oxygen atoms in total. The Morgan fingerprint density at radius 3 is 2.55 bits per heavy atom. The zero-order chi connectivity index (χ0) is 23.0. The number of carboxylic acids is 1. The minimum Gasteiger partial charge on any atom is -0.482 e. The van der Waals surface area contributed by atoms with E-state index in [0.717, 1.165) is 48.8 Å². The van der Waals surface area contributed by atoms with Gasteiger partial charge in [0.1, 0.15) is 11.9 Å². The third kappa shape index (κ3) is 5.99. The van der Waals surface area contributed by atoms with E-state index in [1.807, 2.05) is 42.7 Å². The Labute approximate surface area is 195 Å². The molecule has 0 radical (unpaired) electrons. The molecule has 1 aromatic heterocycles. The van der Waals surface area contributed by atoms with Crippen molar-refractivity contribution in [1.29, 1.82) is 0 Å². The van der Waals surface area contributed by atoms with Gasteiger partial charge in [-0.1, -0.05) is 49.4 Å². The third-order valence-corrected chi connectivity index (χ3v) is 6.38. The summed E-state index contributed by atoms with van der Waals surface area (Å²) in [6.07, 6.45) is 8.50. The van der Waals surface area contributed by atoms with Crippen LogP contribution in [-0.2, 0) is 22.4 Å². The maximum absolute atomic E-state index is 10.9. The van der Waals surface area contributed by atoms with Crippen LogP contribution in [0.2, 0.25) is 0 Å². The van der Waals surface area contributed by atoms with Gasteiger partial charge >= 0.3 is 5.97 Å². The number of benzene rings is 2. The second-order valence-corrected chi connectivity index (χ2v) is 8.66. The van der Waals surface area contributed by atoms with E-state index in [4.69, 9.17) is 14.6 Å². The molecule has 0 fully saturated rings. The number of carbonyl (C=O) groups is 1. The molecule has 1 N–H and O–H groups in total. The van der Waals surface area contributed by atoms with Gasteiger partial charge in [0.25, 0.3) is 0 Å². The van der Waals surface area contributed by atoms with Gasteiger partial charge < -0.3 is 14.6 Å². The minimum absolute atomic E-state index is 0.119. The number of aliphatic carboxylic acids is 1. The molecule has 0 amide bonds. The van der Waals surface area contributed by atoms with E-state index in [0.29, 0.717) is 11.7 Å². The SMILES string of the molecule is CCC(CC1CCc2c(cccc2OCC(=O)O)C1)OC(c1ccccc1)c1ccncc1. The molecular weight excluding hydrogens is 414 g/mol. The Kier molecular flexibility index (Phi) is 7.74. The van der Waals surface area contributed by atoms with Crippen molar-refractivity contribution in [3.05, 3.63) is 95.3 Å². The van der Waals surface area contributed by atoms with Crippen LogP contribution in [0.25, 0.3) is 0 Å². The highest BCUT2D eigenvalue weighted by molar-refractivity contribution is 5.68. The zero-order valence-corrected chi connectivity index (χ0v) is 19.0. The molecule has 0 aliphatic heterocycles. The Hall–Kier alpha value is -3.18. The van der Waals surface area contributed by atoms with Gasteiger partial charge in [-0.3, -0.25) is 4.98 Å². The van der Waals surface area contributed by atoms with Crippen molar-refractivity contribution in [1.82, 2.24) is 4.98 Å². The van der Waals surface area contributed by atoms with E-state index in [-0.39, 0.29) is 18.8 Å². The van der Waals surface area contributed by atoms with E-state index >= 15 is 0 Å². The van der Waals surface area contributed by atoms with E-state index in [1.54, 1.807) is 0 Å². The van der Waals surface area contributed by atoms with Crippen molar-refractivity contribution in [2.75, 3.05) is 6.61 Å². The van der Waals surface area contributed by atoms with Gasteiger partial charge in [0.15, 0.2) is 6.61 Å². The highest BCUT2D eigenvalue weighted by Crippen LogP contribution is 2.36. The van der Waals surface area contributed by atoms with Crippen molar-refractivity contribution < 1.29 is 19.4 Å². The van der Waals surface area contributed by atoms with Crippen molar-refractivity contribution >= 4 is 5.97 Å². The van der Waals surface area contributed by atoms with E-state index in [2.05, 4.69) is 42.2 Å². The summed E-state index contributed by atoms with van der Waals surface area (Å²) < 4.78 is 12.3. The summed E-state index contributed by atoms with van der Waals surface area (Å²) in [5.41, 5.74) is 4.68. The number of nitrogens with zero attached hydrogens (tertiary/aromatic N) is 1. The van der Waals surface area contributed by atoms with Gasteiger partial charge in [-0.2, -0.15) is 0 Å². The topological polar surface area (TPSA) is 68.7 Å². The number of aromatic nitrogens is 1. The van der Waals surface area contributed by atoms with Gasteiger partial charge in [-0.25, -0.2) is 4.79 Å². The fourth-order valence-corrected chi connectivity index (χ4v) is 4.72. The molecule has 1 heterocycles. The molecule has 4 rings (SSSR count). The van der Waals surface area contributed by atoms with Crippen molar-refractivity contribution in [3.8, 4) is 5.75 Å². The molecule has 1 aliphatic rings. The lowest BCUT2D eigenvalue weighted by Crippen LogP contribution is -2.24. The maximum Gasteiger partial charge on any atom is 0.341 e. The largest absolute Gasteiger partial charge is 0.482 e. The molecule has 3 unspecified atom stereocenters. The first kappa shape index (κ1) is 23.0. The van der Waals surface area contributed by atoms with Crippen LogP contribution in [0.5, 0.6) is 5.75 Å². The average Bonchev–Trinajstić information content (AvgIpc) is 2.86. The Morgan fingerprint density at radius 2 is 1.82 bits per heavy atom. The van der Waals surface area contributed by atoms with Crippen LogP contribution in [0.15, 0.2) is 73.1 Å². The molecule has 0 saturated heterocycles. The first-order valence-corrected chi connectivity index (χ1v) is 11.7. The number of rotatable bonds is 10. The maximum atomic E-state index is 10.9. The summed E-state index contributed by atoms with van der Waals surface area (Å²) in [6.45, 7) is 1.88. The van der Waals surface area contributed by atoms with Gasteiger partial charge in [0.2, 0.25) is 0 Å².